The Hall–Kier alpha value is -1.70. The van der Waals surface area contributed by atoms with Gasteiger partial charge in [0.15, 0.2) is 0 Å². The van der Waals surface area contributed by atoms with Gasteiger partial charge in [0.2, 0.25) is 5.13 Å². The van der Waals surface area contributed by atoms with Gasteiger partial charge in [0.05, 0.1) is 13.0 Å². The van der Waals surface area contributed by atoms with E-state index in [2.05, 4.69) is 29.4 Å². The van der Waals surface area contributed by atoms with E-state index in [1.54, 1.807) is 6.92 Å². The van der Waals surface area contributed by atoms with Crippen LogP contribution in [0.4, 0.5) is 9.93 Å². The Balaban J connectivity index is 1.94. The first kappa shape index (κ1) is 17.7. The van der Waals surface area contributed by atoms with Crippen molar-refractivity contribution in [2.24, 2.45) is 5.92 Å². The predicted molar refractivity (Wildman–Crippen MR) is 88.4 cm³/mol. The lowest BCUT2D eigenvalue weighted by molar-refractivity contribution is -0.142. The summed E-state index contributed by atoms with van der Waals surface area (Å²) >= 11 is 1.20. The van der Waals surface area contributed by atoms with Crippen LogP contribution in [0.3, 0.4) is 0 Å². The van der Waals surface area contributed by atoms with Crippen molar-refractivity contribution in [2.45, 2.75) is 52.5 Å². The van der Waals surface area contributed by atoms with Crippen molar-refractivity contribution < 1.29 is 14.3 Å². The van der Waals surface area contributed by atoms with Crippen LogP contribution >= 0.6 is 11.3 Å². The topological polar surface area (TPSA) is 84.4 Å². The molecular formula is C15H24N4O3S. The van der Waals surface area contributed by atoms with E-state index in [0.29, 0.717) is 22.7 Å². The van der Waals surface area contributed by atoms with Gasteiger partial charge in [0, 0.05) is 12.6 Å². The van der Waals surface area contributed by atoms with E-state index in [4.69, 9.17) is 4.74 Å². The van der Waals surface area contributed by atoms with Crippen LogP contribution < -0.4 is 5.32 Å². The molecule has 1 fully saturated rings. The summed E-state index contributed by atoms with van der Waals surface area (Å²) in [5.74, 6) is 0.163. The van der Waals surface area contributed by atoms with Gasteiger partial charge in [-0.05, 0) is 32.6 Å². The lowest BCUT2D eigenvalue weighted by atomic mass is 10.1. The molecule has 2 rings (SSSR count). The number of urea groups is 1. The quantitative estimate of drug-likeness (QED) is 0.852. The fraction of sp³-hybridized carbons (Fsp3) is 0.733. The smallest absolute Gasteiger partial charge is 0.323 e. The maximum atomic E-state index is 12.5. The maximum Gasteiger partial charge on any atom is 0.323 e. The summed E-state index contributed by atoms with van der Waals surface area (Å²) in [6.07, 6.45) is 3.39. The molecule has 0 aromatic carbocycles. The van der Waals surface area contributed by atoms with Gasteiger partial charge in [-0.1, -0.05) is 24.7 Å². The number of ether oxygens (including phenoxy) is 1. The lowest BCUT2D eigenvalue weighted by Crippen LogP contribution is -2.42. The number of carbonyl (C=O) groups excluding carboxylic acids is 2. The summed E-state index contributed by atoms with van der Waals surface area (Å²) in [4.78, 5) is 25.8. The Bertz CT molecular complexity index is 549. The molecule has 1 N–H and O–H groups in total. The fourth-order valence-corrected chi connectivity index (χ4v) is 3.40. The number of hydrogen-bond donors (Lipinski definition) is 1. The third-order valence-electron chi connectivity index (χ3n) is 3.90. The molecule has 1 aromatic heterocycles. The Morgan fingerprint density at radius 2 is 2.13 bits per heavy atom. The number of esters is 1. The highest BCUT2D eigenvalue weighted by Gasteiger charge is 2.25. The van der Waals surface area contributed by atoms with Crippen LogP contribution in [0, 0.1) is 5.92 Å². The van der Waals surface area contributed by atoms with Gasteiger partial charge in [0.25, 0.3) is 0 Å². The number of nitrogens with one attached hydrogen (secondary N) is 1. The van der Waals surface area contributed by atoms with Gasteiger partial charge in [-0.25, -0.2) is 4.79 Å². The van der Waals surface area contributed by atoms with Gasteiger partial charge in [-0.2, -0.15) is 0 Å². The van der Waals surface area contributed by atoms with Crippen LogP contribution in [-0.2, 0) is 16.0 Å². The van der Waals surface area contributed by atoms with Crippen molar-refractivity contribution in [3.63, 3.8) is 0 Å². The number of amides is 2. The SMILES string of the molecule is CCOC(=O)Cc1nnc(NC(=O)N2CC(C)CCCC2C)s1. The third kappa shape index (κ3) is 5.16. The number of likely N-dealkylation sites (tertiary alicyclic amines) is 1. The van der Waals surface area contributed by atoms with Crippen LogP contribution in [0.5, 0.6) is 0 Å². The van der Waals surface area contributed by atoms with Crippen molar-refractivity contribution in [2.75, 3.05) is 18.5 Å². The molecule has 1 aliphatic heterocycles. The van der Waals surface area contributed by atoms with E-state index in [1.165, 1.54) is 11.3 Å². The first-order valence-electron chi connectivity index (χ1n) is 8.05. The Kier molecular flexibility index (Phi) is 6.32. The highest BCUT2D eigenvalue weighted by molar-refractivity contribution is 7.15. The molecule has 2 amide bonds. The zero-order valence-electron chi connectivity index (χ0n) is 13.9. The summed E-state index contributed by atoms with van der Waals surface area (Å²) in [6.45, 7) is 7.09. The molecule has 0 spiro atoms. The van der Waals surface area contributed by atoms with Crippen molar-refractivity contribution in [1.82, 2.24) is 15.1 Å². The van der Waals surface area contributed by atoms with E-state index in [0.717, 1.165) is 25.8 Å². The maximum absolute atomic E-state index is 12.5. The number of hydrogen-bond acceptors (Lipinski definition) is 6. The monoisotopic (exact) mass is 340 g/mol. The first-order chi connectivity index (χ1) is 11.0. The van der Waals surface area contributed by atoms with Gasteiger partial charge in [-0.3, -0.25) is 10.1 Å². The molecule has 0 saturated carbocycles. The number of rotatable bonds is 4. The number of carbonyl (C=O) groups is 2. The molecule has 1 aliphatic rings. The highest BCUT2D eigenvalue weighted by Crippen LogP contribution is 2.22. The Labute approximate surface area is 140 Å². The van der Waals surface area contributed by atoms with Gasteiger partial charge in [-0.15, -0.1) is 10.2 Å². The molecule has 0 radical (unpaired) electrons. The molecule has 23 heavy (non-hydrogen) atoms. The molecule has 128 valence electrons. The second-order valence-corrected chi connectivity index (χ2v) is 7.01. The van der Waals surface area contributed by atoms with E-state index in [9.17, 15) is 9.59 Å². The second kappa shape index (κ2) is 8.24. The molecule has 8 heteroatoms. The van der Waals surface area contributed by atoms with Crippen molar-refractivity contribution in [3.05, 3.63) is 5.01 Å². The zero-order valence-corrected chi connectivity index (χ0v) is 14.7. The van der Waals surface area contributed by atoms with E-state index in [1.807, 2.05) is 4.90 Å². The molecule has 1 saturated heterocycles. The largest absolute Gasteiger partial charge is 0.466 e. The summed E-state index contributed by atoms with van der Waals surface area (Å²) in [7, 11) is 0. The number of nitrogens with zero attached hydrogens (tertiary/aromatic N) is 3. The van der Waals surface area contributed by atoms with E-state index >= 15 is 0 Å². The minimum atomic E-state index is -0.337. The molecule has 0 aliphatic carbocycles. The predicted octanol–water partition coefficient (Wildman–Crippen LogP) is 2.69. The van der Waals surface area contributed by atoms with Crippen molar-refractivity contribution in [1.29, 1.82) is 0 Å². The van der Waals surface area contributed by atoms with E-state index < -0.39 is 0 Å². The third-order valence-corrected chi connectivity index (χ3v) is 4.74. The van der Waals surface area contributed by atoms with Crippen molar-refractivity contribution >= 4 is 28.5 Å². The normalized spacial score (nSPS) is 21.6. The minimum absolute atomic E-state index is 0.0819. The van der Waals surface area contributed by atoms with Gasteiger partial charge in [0.1, 0.15) is 5.01 Å². The molecule has 0 bridgehead atoms. The van der Waals surface area contributed by atoms with Crippen LogP contribution in [-0.4, -0.2) is 46.3 Å². The number of aromatic nitrogens is 2. The summed E-state index contributed by atoms with van der Waals surface area (Å²) in [5, 5.41) is 11.6. The fourth-order valence-electron chi connectivity index (χ4n) is 2.68. The van der Waals surface area contributed by atoms with Crippen LogP contribution in [0.1, 0.15) is 45.0 Å². The zero-order chi connectivity index (χ0) is 16.8. The first-order valence-corrected chi connectivity index (χ1v) is 8.86. The van der Waals surface area contributed by atoms with Gasteiger partial charge < -0.3 is 9.64 Å². The Morgan fingerprint density at radius 1 is 1.35 bits per heavy atom. The van der Waals surface area contributed by atoms with Crippen LogP contribution in [0.2, 0.25) is 0 Å². The standard InChI is InChI=1S/C15H24N4O3S/c1-4-22-13(20)8-12-17-18-14(23-12)16-15(21)19-9-10(2)6-5-7-11(19)3/h10-11H,4-9H2,1-3H3,(H,16,18,21). The Morgan fingerprint density at radius 3 is 2.87 bits per heavy atom. The van der Waals surface area contributed by atoms with Crippen LogP contribution in [0.25, 0.3) is 0 Å². The second-order valence-electron chi connectivity index (χ2n) is 5.95. The number of anilines is 1. The molecule has 2 atom stereocenters. The molecule has 1 aromatic rings. The van der Waals surface area contributed by atoms with Gasteiger partial charge >= 0.3 is 12.0 Å². The minimum Gasteiger partial charge on any atom is -0.466 e. The summed E-state index contributed by atoms with van der Waals surface area (Å²) < 4.78 is 4.88. The van der Waals surface area contributed by atoms with Crippen molar-refractivity contribution in [3.8, 4) is 0 Å². The lowest BCUT2D eigenvalue weighted by Gasteiger charge is -2.28. The van der Waals surface area contributed by atoms with Crippen LogP contribution in [0.15, 0.2) is 0 Å². The highest BCUT2D eigenvalue weighted by atomic mass is 32.1. The summed E-state index contributed by atoms with van der Waals surface area (Å²) in [5.41, 5.74) is 0. The van der Waals surface area contributed by atoms with E-state index in [-0.39, 0.29) is 24.5 Å². The summed E-state index contributed by atoms with van der Waals surface area (Å²) in [6, 6.07) is 0.0666. The average Bonchev–Trinajstić information content (AvgIpc) is 2.83. The molecule has 7 nitrogen and oxygen atoms in total. The molecule has 2 unspecified atom stereocenters. The average molecular weight is 340 g/mol. The molecular weight excluding hydrogens is 316 g/mol. The molecule has 2 heterocycles.